The molecule has 0 bridgehead atoms. The molecule has 1 amide bonds. The van der Waals surface area contributed by atoms with Gasteiger partial charge in [-0.15, -0.1) is 0 Å². The van der Waals surface area contributed by atoms with Crippen LogP contribution in [0.25, 0.3) is 0 Å². The van der Waals surface area contributed by atoms with Crippen LogP contribution in [0.3, 0.4) is 0 Å². The molecule has 0 aromatic heterocycles. The average molecular weight is 319 g/mol. The zero-order chi connectivity index (χ0) is 10.6. The van der Waals surface area contributed by atoms with E-state index in [-0.39, 0.29) is 0 Å². The van der Waals surface area contributed by atoms with Crippen LogP contribution >= 0.6 is 31.9 Å². The monoisotopic (exact) mass is 317 g/mol. The number of nitrogens with one attached hydrogen (secondary N) is 1. The highest BCUT2D eigenvalue weighted by Gasteiger charge is 2.45. The van der Waals surface area contributed by atoms with E-state index >= 15 is 0 Å². The predicted octanol–water partition coefficient (Wildman–Crippen LogP) is 0.666. The SMILES string of the molecule is COC(NC(C)=O)(C(=O)O)C(Br)Br. The van der Waals surface area contributed by atoms with E-state index in [1.165, 1.54) is 14.0 Å². The maximum Gasteiger partial charge on any atom is 0.359 e. The van der Waals surface area contributed by atoms with Gasteiger partial charge < -0.3 is 15.2 Å². The Morgan fingerprint density at radius 2 is 2.00 bits per heavy atom. The summed E-state index contributed by atoms with van der Waals surface area (Å²) in [7, 11) is 1.19. The summed E-state index contributed by atoms with van der Waals surface area (Å²) in [6, 6.07) is 0. The number of hydrogen-bond donors (Lipinski definition) is 2. The average Bonchev–Trinajstić information content (AvgIpc) is 1.98. The van der Waals surface area contributed by atoms with Gasteiger partial charge in [-0.3, -0.25) is 4.79 Å². The van der Waals surface area contributed by atoms with Gasteiger partial charge in [0, 0.05) is 14.0 Å². The van der Waals surface area contributed by atoms with Gasteiger partial charge >= 0.3 is 5.97 Å². The Hall–Kier alpha value is -0.140. The minimum atomic E-state index is -1.79. The molecule has 0 aliphatic rings. The number of halogens is 2. The van der Waals surface area contributed by atoms with Crippen LogP contribution in [0.4, 0.5) is 0 Å². The topological polar surface area (TPSA) is 75.6 Å². The highest BCUT2D eigenvalue weighted by atomic mass is 79.9. The molecule has 0 aromatic carbocycles. The van der Waals surface area contributed by atoms with E-state index in [2.05, 4.69) is 37.2 Å². The van der Waals surface area contributed by atoms with Gasteiger partial charge in [0.15, 0.2) is 0 Å². The molecule has 0 aliphatic carbocycles. The van der Waals surface area contributed by atoms with Gasteiger partial charge in [0.05, 0.1) is 0 Å². The van der Waals surface area contributed by atoms with Crippen molar-refractivity contribution in [2.45, 2.75) is 16.4 Å². The largest absolute Gasteiger partial charge is 0.478 e. The van der Waals surface area contributed by atoms with Crippen LogP contribution < -0.4 is 5.32 Å². The number of aliphatic carboxylic acids is 1. The Morgan fingerprint density at radius 3 is 2.08 bits per heavy atom. The molecule has 0 saturated carbocycles. The molecule has 0 fully saturated rings. The molecule has 13 heavy (non-hydrogen) atoms. The minimum absolute atomic E-state index is 0.492. The van der Waals surface area contributed by atoms with Crippen LogP contribution in [0, 0.1) is 0 Å². The molecule has 0 spiro atoms. The maximum atomic E-state index is 10.8. The maximum absolute atomic E-state index is 10.8. The van der Waals surface area contributed by atoms with E-state index in [9.17, 15) is 9.59 Å². The molecule has 5 nitrogen and oxygen atoms in total. The second-order valence-corrected chi connectivity index (χ2v) is 5.29. The number of hydrogen-bond acceptors (Lipinski definition) is 3. The van der Waals surface area contributed by atoms with Crippen LogP contribution in [0.5, 0.6) is 0 Å². The summed E-state index contributed by atoms with van der Waals surface area (Å²) >= 11 is 5.97. The van der Waals surface area contributed by atoms with Gasteiger partial charge in [-0.2, -0.15) is 0 Å². The Bertz CT molecular complexity index is 221. The second kappa shape index (κ2) is 4.92. The molecule has 0 radical (unpaired) electrons. The molecule has 0 saturated heterocycles. The molecule has 0 heterocycles. The lowest BCUT2D eigenvalue weighted by molar-refractivity contribution is -0.166. The standard InChI is InChI=1S/C6H9Br2NO4/c1-3(10)9-6(13-2,4(7)8)5(11)12/h4H,1-2H3,(H,9,10)(H,11,12). The smallest absolute Gasteiger partial charge is 0.359 e. The van der Waals surface area contributed by atoms with E-state index in [4.69, 9.17) is 9.84 Å². The van der Waals surface area contributed by atoms with Gasteiger partial charge in [0.1, 0.15) is 3.74 Å². The van der Waals surface area contributed by atoms with Gasteiger partial charge in [-0.25, -0.2) is 4.79 Å². The van der Waals surface area contributed by atoms with Crippen LogP contribution in [0.15, 0.2) is 0 Å². The number of alkyl halides is 2. The lowest BCUT2D eigenvalue weighted by Gasteiger charge is -2.29. The van der Waals surface area contributed by atoms with E-state index < -0.39 is 21.3 Å². The van der Waals surface area contributed by atoms with Crippen LogP contribution in [0.1, 0.15) is 6.92 Å². The summed E-state index contributed by atoms with van der Waals surface area (Å²) in [5.41, 5.74) is -1.79. The summed E-state index contributed by atoms with van der Waals surface area (Å²) < 4.78 is 4.02. The fourth-order valence-electron chi connectivity index (χ4n) is 0.690. The van der Waals surface area contributed by atoms with Crippen molar-refractivity contribution in [2.24, 2.45) is 0 Å². The Kier molecular flexibility index (Phi) is 4.87. The van der Waals surface area contributed by atoms with E-state index in [0.29, 0.717) is 0 Å². The quantitative estimate of drug-likeness (QED) is 0.590. The molecule has 76 valence electrons. The predicted molar refractivity (Wildman–Crippen MR) is 52.8 cm³/mol. The number of ether oxygens (including phenoxy) is 1. The van der Waals surface area contributed by atoms with Crippen LogP contribution in [-0.4, -0.2) is 33.6 Å². The summed E-state index contributed by atoms with van der Waals surface area (Å²) in [4.78, 5) is 21.6. The summed E-state index contributed by atoms with van der Waals surface area (Å²) in [6.07, 6.45) is 0. The number of methoxy groups -OCH3 is 1. The van der Waals surface area contributed by atoms with Crippen molar-refractivity contribution in [2.75, 3.05) is 7.11 Å². The number of carboxylic acids is 1. The number of carbonyl (C=O) groups excluding carboxylic acids is 1. The second-order valence-electron chi connectivity index (χ2n) is 2.23. The number of amides is 1. The van der Waals surface area contributed by atoms with Gasteiger partial charge in [-0.05, 0) is 0 Å². The van der Waals surface area contributed by atoms with E-state index in [1.807, 2.05) is 0 Å². The summed E-state index contributed by atoms with van der Waals surface area (Å²) in [5.74, 6) is -1.78. The first-order chi connectivity index (χ1) is 5.86. The first-order valence-electron chi connectivity index (χ1n) is 3.22. The zero-order valence-corrected chi connectivity index (χ0v) is 10.2. The summed E-state index contributed by atoms with van der Waals surface area (Å²) in [5, 5.41) is 11.0. The third-order valence-electron chi connectivity index (χ3n) is 1.31. The van der Waals surface area contributed by atoms with Crippen molar-refractivity contribution >= 4 is 43.7 Å². The number of carboxylic acid groups (broad SMARTS) is 1. The number of carbonyl (C=O) groups is 2. The van der Waals surface area contributed by atoms with Crippen molar-refractivity contribution in [1.82, 2.24) is 5.32 Å². The molecular formula is C6H9Br2NO4. The number of rotatable bonds is 4. The Morgan fingerprint density at radius 1 is 1.54 bits per heavy atom. The molecule has 0 aromatic rings. The first kappa shape index (κ1) is 12.9. The lowest BCUT2D eigenvalue weighted by Crippen LogP contribution is -2.59. The molecule has 2 N–H and O–H groups in total. The Labute approximate surface area is 92.1 Å². The Balaban J connectivity index is 4.87. The van der Waals surface area contributed by atoms with E-state index in [0.717, 1.165) is 0 Å². The van der Waals surface area contributed by atoms with Crippen molar-refractivity contribution in [3.8, 4) is 0 Å². The van der Waals surface area contributed by atoms with E-state index in [1.54, 1.807) is 0 Å². The van der Waals surface area contributed by atoms with Crippen molar-refractivity contribution in [1.29, 1.82) is 0 Å². The molecular weight excluding hydrogens is 310 g/mol. The highest BCUT2D eigenvalue weighted by molar-refractivity contribution is 9.24. The summed E-state index contributed by atoms with van der Waals surface area (Å²) in [6.45, 7) is 1.21. The zero-order valence-electron chi connectivity index (χ0n) is 7.01. The molecule has 7 heteroatoms. The normalized spacial score (nSPS) is 15.2. The minimum Gasteiger partial charge on any atom is -0.478 e. The third kappa shape index (κ3) is 2.92. The van der Waals surface area contributed by atoms with Crippen molar-refractivity contribution in [3.05, 3.63) is 0 Å². The molecule has 1 atom stereocenters. The van der Waals surface area contributed by atoms with Gasteiger partial charge in [0.25, 0.3) is 5.72 Å². The fourth-order valence-corrected chi connectivity index (χ4v) is 1.68. The van der Waals surface area contributed by atoms with Gasteiger partial charge in [0.2, 0.25) is 5.91 Å². The van der Waals surface area contributed by atoms with Crippen molar-refractivity contribution < 1.29 is 19.4 Å². The first-order valence-corrected chi connectivity index (χ1v) is 5.05. The molecule has 1 unspecified atom stereocenters. The third-order valence-corrected chi connectivity index (χ3v) is 2.60. The highest BCUT2D eigenvalue weighted by Crippen LogP contribution is 2.25. The van der Waals surface area contributed by atoms with Gasteiger partial charge in [-0.1, -0.05) is 31.9 Å². The van der Waals surface area contributed by atoms with Crippen LogP contribution in [-0.2, 0) is 14.3 Å². The van der Waals surface area contributed by atoms with Crippen molar-refractivity contribution in [3.63, 3.8) is 0 Å². The molecule has 0 rings (SSSR count). The lowest BCUT2D eigenvalue weighted by atomic mass is 10.2. The van der Waals surface area contributed by atoms with Crippen LogP contribution in [0.2, 0.25) is 0 Å². The molecule has 0 aliphatic heterocycles. The fraction of sp³-hybridized carbons (Fsp3) is 0.667.